The monoisotopic (exact) mass is 550 g/mol. The Labute approximate surface area is 195 Å². The predicted molar refractivity (Wildman–Crippen MR) is 125 cm³/mol. The minimum Gasteiger partial charge on any atom is -0.506 e. The number of phenols is 2. The van der Waals surface area contributed by atoms with Crippen molar-refractivity contribution in [3.05, 3.63) is 61.3 Å². The van der Waals surface area contributed by atoms with E-state index in [2.05, 4.69) is 61.1 Å². The van der Waals surface area contributed by atoms with E-state index in [1.54, 1.807) is 11.4 Å². The Balaban J connectivity index is 1.43. The first-order chi connectivity index (χ1) is 14.4. The molecule has 1 aliphatic heterocycles. The molecule has 0 radical (unpaired) electrons. The minimum absolute atomic E-state index is 0.0687. The van der Waals surface area contributed by atoms with Crippen molar-refractivity contribution in [2.24, 2.45) is 5.92 Å². The molecule has 30 heavy (non-hydrogen) atoms. The Hall–Kier alpha value is -1.90. The molecule has 0 atom stereocenters. The molecule has 156 valence electrons. The molecule has 2 heterocycles. The lowest BCUT2D eigenvalue weighted by atomic mass is 9.90. The number of aromatic hydroxyl groups is 2. The second-order valence-corrected chi connectivity index (χ2v) is 9.89. The van der Waals surface area contributed by atoms with Gasteiger partial charge in [-0.3, -0.25) is 4.79 Å². The van der Waals surface area contributed by atoms with Crippen molar-refractivity contribution in [3.8, 4) is 22.8 Å². The van der Waals surface area contributed by atoms with Gasteiger partial charge in [-0.2, -0.15) is 0 Å². The van der Waals surface area contributed by atoms with Gasteiger partial charge in [0.05, 0.1) is 10.2 Å². The van der Waals surface area contributed by atoms with Gasteiger partial charge in [0.25, 0.3) is 5.91 Å². The Morgan fingerprint density at radius 2 is 1.83 bits per heavy atom. The van der Waals surface area contributed by atoms with Crippen LogP contribution in [-0.2, 0) is 6.42 Å². The molecule has 1 fully saturated rings. The first-order valence-corrected chi connectivity index (χ1v) is 12.1. The second-order valence-electron chi connectivity index (χ2n) is 7.38. The van der Waals surface area contributed by atoms with Crippen LogP contribution >= 0.6 is 43.2 Å². The first kappa shape index (κ1) is 21.3. The molecule has 8 heteroatoms. The molecule has 2 aromatic carbocycles. The summed E-state index contributed by atoms with van der Waals surface area (Å²) in [5.74, 6) is 0.329. The Morgan fingerprint density at radius 3 is 2.53 bits per heavy atom. The lowest BCUT2D eigenvalue weighted by Crippen LogP contribution is -2.38. The lowest BCUT2D eigenvalue weighted by Gasteiger charge is -2.31. The standard InChI is InChI=1S/C22H20Br2N2O3S/c23-16-11-15(19(27)18(24)20(16)28)17-12-30-21(25-17)22(29)26-8-6-14(7-9-26)10-13-4-2-1-3-5-13/h1-5,11-12,14,27-28H,6-10H2. The fourth-order valence-electron chi connectivity index (χ4n) is 3.71. The molecule has 0 saturated carbocycles. The van der Waals surface area contributed by atoms with E-state index in [-0.39, 0.29) is 21.9 Å². The number of nitrogens with zero attached hydrogens (tertiary/aromatic N) is 2. The third-order valence-corrected chi connectivity index (χ3v) is 7.59. The number of thiazole rings is 1. The van der Waals surface area contributed by atoms with Gasteiger partial charge < -0.3 is 15.1 Å². The number of benzene rings is 2. The van der Waals surface area contributed by atoms with Crippen molar-refractivity contribution in [2.45, 2.75) is 19.3 Å². The summed E-state index contributed by atoms with van der Waals surface area (Å²) in [6.45, 7) is 1.46. The average molecular weight is 552 g/mol. The van der Waals surface area contributed by atoms with Crippen LogP contribution in [0.5, 0.6) is 11.5 Å². The number of aromatic nitrogens is 1. The number of likely N-dealkylation sites (tertiary alicyclic amines) is 1. The van der Waals surface area contributed by atoms with E-state index in [0.29, 0.717) is 26.7 Å². The molecule has 0 bridgehead atoms. The summed E-state index contributed by atoms with van der Waals surface area (Å²) >= 11 is 7.71. The second kappa shape index (κ2) is 9.08. The van der Waals surface area contributed by atoms with E-state index in [1.807, 2.05) is 11.0 Å². The number of carbonyl (C=O) groups excluding carboxylic acids is 1. The van der Waals surface area contributed by atoms with Gasteiger partial charge in [-0.05, 0) is 68.7 Å². The summed E-state index contributed by atoms with van der Waals surface area (Å²) in [5.41, 5.74) is 2.29. The number of rotatable bonds is 4. The van der Waals surface area contributed by atoms with Gasteiger partial charge in [0.1, 0.15) is 16.0 Å². The molecule has 4 rings (SSSR count). The summed E-state index contributed by atoms with van der Waals surface area (Å²) in [4.78, 5) is 19.3. The Bertz CT molecular complexity index is 1060. The van der Waals surface area contributed by atoms with Gasteiger partial charge in [0.2, 0.25) is 0 Å². The van der Waals surface area contributed by atoms with E-state index in [0.717, 1.165) is 32.4 Å². The smallest absolute Gasteiger partial charge is 0.282 e. The number of hydrogen-bond acceptors (Lipinski definition) is 5. The number of carbonyl (C=O) groups is 1. The van der Waals surface area contributed by atoms with Gasteiger partial charge in [-0.15, -0.1) is 11.3 Å². The van der Waals surface area contributed by atoms with Crippen LogP contribution in [0.2, 0.25) is 0 Å². The normalized spacial score (nSPS) is 14.8. The van der Waals surface area contributed by atoms with Crippen molar-refractivity contribution in [1.29, 1.82) is 0 Å². The van der Waals surface area contributed by atoms with Crippen molar-refractivity contribution in [2.75, 3.05) is 13.1 Å². The maximum absolute atomic E-state index is 12.9. The van der Waals surface area contributed by atoms with Crippen LogP contribution in [0.25, 0.3) is 11.3 Å². The number of phenolic OH excluding ortho intramolecular Hbond substituents is 2. The number of hydrogen-bond donors (Lipinski definition) is 2. The summed E-state index contributed by atoms with van der Waals surface area (Å²) in [5, 5.41) is 22.4. The van der Waals surface area contributed by atoms with Crippen LogP contribution in [0, 0.1) is 5.92 Å². The van der Waals surface area contributed by atoms with Crippen LogP contribution in [0.4, 0.5) is 0 Å². The summed E-state index contributed by atoms with van der Waals surface area (Å²) in [7, 11) is 0. The van der Waals surface area contributed by atoms with Crippen molar-refractivity contribution < 1.29 is 15.0 Å². The van der Waals surface area contributed by atoms with Crippen molar-refractivity contribution >= 4 is 49.1 Å². The zero-order valence-corrected chi connectivity index (χ0v) is 20.0. The zero-order chi connectivity index (χ0) is 21.3. The highest BCUT2D eigenvalue weighted by Crippen LogP contribution is 2.45. The average Bonchev–Trinajstić information content (AvgIpc) is 3.25. The molecular weight excluding hydrogens is 532 g/mol. The van der Waals surface area contributed by atoms with Crippen LogP contribution in [-0.4, -0.2) is 39.1 Å². The summed E-state index contributed by atoms with van der Waals surface area (Å²) in [6, 6.07) is 12.1. The van der Waals surface area contributed by atoms with Crippen LogP contribution in [0.1, 0.15) is 28.2 Å². The maximum Gasteiger partial charge on any atom is 0.282 e. The molecule has 1 aliphatic rings. The van der Waals surface area contributed by atoms with Crippen LogP contribution in [0.3, 0.4) is 0 Å². The highest BCUT2D eigenvalue weighted by atomic mass is 79.9. The number of piperidine rings is 1. The zero-order valence-electron chi connectivity index (χ0n) is 16.0. The topological polar surface area (TPSA) is 73.7 Å². The van der Waals surface area contributed by atoms with Crippen molar-refractivity contribution in [1.82, 2.24) is 9.88 Å². The number of amides is 1. The van der Waals surface area contributed by atoms with E-state index in [4.69, 9.17) is 0 Å². The van der Waals surface area contributed by atoms with E-state index < -0.39 is 0 Å². The third kappa shape index (κ3) is 4.40. The molecule has 5 nitrogen and oxygen atoms in total. The summed E-state index contributed by atoms with van der Waals surface area (Å²) < 4.78 is 0.622. The maximum atomic E-state index is 12.9. The largest absolute Gasteiger partial charge is 0.506 e. The summed E-state index contributed by atoms with van der Waals surface area (Å²) in [6.07, 6.45) is 3.02. The molecular formula is C22H20Br2N2O3S. The molecule has 0 aliphatic carbocycles. The first-order valence-electron chi connectivity index (χ1n) is 9.63. The van der Waals surface area contributed by atoms with E-state index >= 15 is 0 Å². The molecule has 0 spiro atoms. The van der Waals surface area contributed by atoms with Gasteiger partial charge in [0, 0.05) is 24.0 Å². The van der Waals surface area contributed by atoms with Crippen LogP contribution < -0.4 is 0 Å². The highest BCUT2D eigenvalue weighted by molar-refractivity contribution is 9.11. The molecule has 1 aromatic heterocycles. The Morgan fingerprint density at radius 1 is 1.13 bits per heavy atom. The third-order valence-electron chi connectivity index (χ3n) is 5.40. The molecule has 1 saturated heterocycles. The van der Waals surface area contributed by atoms with Gasteiger partial charge in [-0.25, -0.2) is 4.98 Å². The van der Waals surface area contributed by atoms with E-state index in [1.165, 1.54) is 16.9 Å². The van der Waals surface area contributed by atoms with Gasteiger partial charge in [0.15, 0.2) is 5.01 Å². The quantitative estimate of drug-likeness (QED) is 0.427. The van der Waals surface area contributed by atoms with Gasteiger partial charge >= 0.3 is 0 Å². The fourth-order valence-corrected chi connectivity index (χ4v) is 5.62. The molecule has 0 unspecified atom stereocenters. The van der Waals surface area contributed by atoms with E-state index in [9.17, 15) is 15.0 Å². The highest BCUT2D eigenvalue weighted by Gasteiger charge is 2.26. The van der Waals surface area contributed by atoms with Crippen molar-refractivity contribution in [3.63, 3.8) is 0 Å². The minimum atomic E-state index is -0.110. The molecule has 2 N–H and O–H groups in total. The lowest BCUT2D eigenvalue weighted by molar-refractivity contribution is 0.0690. The molecule has 1 amide bonds. The SMILES string of the molecule is O=C(c1nc(-c2cc(Br)c(O)c(Br)c2O)cs1)N1CCC(Cc2ccccc2)CC1. The van der Waals surface area contributed by atoms with Gasteiger partial charge in [-0.1, -0.05) is 30.3 Å². The predicted octanol–water partition coefficient (Wildman–Crippen LogP) is 5.84. The number of halogens is 2. The Kier molecular flexibility index (Phi) is 6.46. The van der Waals surface area contributed by atoms with Crippen LogP contribution in [0.15, 0.2) is 50.7 Å². The fraction of sp³-hybridized carbons (Fsp3) is 0.273. The molecule has 3 aromatic rings.